The van der Waals surface area contributed by atoms with Crippen LogP contribution >= 0.6 is 0 Å². The molecule has 14 nitrogen and oxygen atoms in total. The van der Waals surface area contributed by atoms with Crippen molar-refractivity contribution in [2.45, 2.75) is 191 Å². The summed E-state index contributed by atoms with van der Waals surface area (Å²) < 4.78 is 197. The van der Waals surface area contributed by atoms with Crippen molar-refractivity contribution in [1.29, 1.82) is 0 Å². The number of hydrogen-bond donors (Lipinski definition) is 0. The molecule has 0 amide bonds. The number of benzene rings is 6. The summed E-state index contributed by atoms with van der Waals surface area (Å²) in [7, 11) is -18.5. The van der Waals surface area contributed by atoms with Crippen LogP contribution in [0.1, 0.15) is 116 Å². The van der Waals surface area contributed by atoms with E-state index in [9.17, 15) is 64.6 Å². The van der Waals surface area contributed by atoms with E-state index in [2.05, 4.69) is 192 Å². The Morgan fingerprint density at radius 2 is 0.878 bits per heavy atom. The van der Waals surface area contributed by atoms with Gasteiger partial charge in [-0.05, 0) is 167 Å². The van der Waals surface area contributed by atoms with Crippen molar-refractivity contribution in [1.82, 2.24) is 0 Å². The molecular formula is C72H81F6N3O11S6. The molecule has 0 radical (unpaired) electrons. The fraction of sp³-hybridized carbons (Fsp3) is 0.486. The minimum Gasteiger partial charge on any atom is -0.748 e. The Morgan fingerprint density at radius 1 is 0.531 bits per heavy atom. The quantitative estimate of drug-likeness (QED) is 0.0225. The minimum absolute atomic E-state index is 0.0122. The van der Waals surface area contributed by atoms with Gasteiger partial charge in [0.25, 0.3) is 25.6 Å². The van der Waals surface area contributed by atoms with Crippen LogP contribution in [0.5, 0.6) is 0 Å². The Hall–Kier alpha value is -5.38. The molecule has 2 saturated heterocycles. The zero-order chi connectivity index (χ0) is 69.7. The van der Waals surface area contributed by atoms with Crippen molar-refractivity contribution in [2.24, 2.45) is 41.4 Å². The zero-order valence-electron chi connectivity index (χ0n) is 53.9. The molecule has 10 aliphatic rings. The van der Waals surface area contributed by atoms with Crippen LogP contribution in [0.4, 0.5) is 26.3 Å². The van der Waals surface area contributed by atoms with E-state index in [4.69, 9.17) is 15.0 Å². The molecular weight excluding hydrogens is 1390 g/mol. The number of ether oxygens (including phenoxy) is 2. The highest BCUT2D eigenvalue weighted by Gasteiger charge is 2.71. The Labute approximate surface area is 577 Å². The maximum atomic E-state index is 14.6. The van der Waals surface area contributed by atoms with Gasteiger partial charge in [0.15, 0.2) is 35.2 Å². The van der Waals surface area contributed by atoms with Gasteiger partial charge >= 0.3 is 15.6 Å². The normalized spacial score (nSPS) is 28.1. The lowest BCUT2D eigenvalue weighted by molar-refractivity contribution is -0.304. The van der Waals surface area contributed by atoms with Crippen LogP contribution in [0.15, 0.2) is 211 Å². The molecule has 1 spiro atoms. The first-order valence-electron chi connectivity index (χ1n) is 33.5. The van der Waals surface area contributed by atoms with Gasteiger partial charge in [-0.15, -0.1) is 11.3 Å². The van der Waals surface area contributed by atoms with E-state index < -0.39 is 108 Å². The van der Waals surface area contributed by atoms with Gasteiger partial charge in [-0.25, -0.2) is 42.5 Å². The topological polar surface area (TPSA) is 229 Å². The summed E-state index contributed by atoms with van der Waals surface area (Å²) in [5.74, 6) is -9.43. The SMILES string of the molecule is O=S(=O)([O-])CC(F)(F)C1CC2CC1C1OC3(OC21)C1CC2CC(C1)CC3C2.O=S1(=O)[N-]CCC(F)(F)C1(F)F.[N-]=[N+]=C(S(=O)(=O)C1CCCCC1)S(=O)(=O)C1CCCCC1.c1ccc([S+](c2ccccc2)c2ccccc2)cc1.c1ccc([S+](c2ccccc2)c2ccccc2)cc1. The molecule has 8 aliphatic carbocycles. The number of nitrogens with zero attached hydrogens (tertiary/aromatic N) is 3. The van der Waals surface area contributed by atoms with Crippen LogP contribution in [0.25, 0.3) is 10.3 Å². The Bertz CT molecular complexity index is 3780. The van der Waals surface area contributed by atoms with E-state index in [0.29, 0.717) is 43.9 Å². The van der Waals surface area contributed by atoms with Crippen molar-refractivity contribution in [3.8, 4) is 0 Å². The summed E-state index contributed by atoms with van der Waals surface area (Å²) in [6.45, 7) is -0.787. The molecule has 16 rings (SSSR count). The number of fused-ring (bicyclic) bond motifs is 5. The van der Waals surface area contributed by atoms with E-state index in [0.717, 1.165) is 76.0 Å². The van der Waals surface area contributed by atoms with Gasteiger partial charge in [0.1, 0.15) is 25.9 Å². The molecule has 8 saturated carbocycles. The van der Waals surface area contributed by atoms with E-state index in [1.807, 2.05) is 0 Å². The Morgan fingerprint density at radius 3 is 1.19 bits per heavy atom. The van der Waals surface area contributed by atoms with Gasteiger partial charge in [-0.2, -0.15) is 17.6 Å². The first-order valence-corrected chi connectivity index (χ1v) is 42.1. The van der Waals surface area contributed by atoms with Crippen LogP contribution in [0.3, 0.4) is 0 Å². The highest BCUT2D eigenvalue weighted by Crippen LogP contribution is 2.67. The van der Waals surface area contributed by atoms with Crippen LogP contribution in [-0.2, 0) is 71.1 Å². The number of hydrogen-bond acceptors (Lipinski definition) is 11. The molecule has 2 aliphatic heterocycles. The van der Waals surface area contributed by atoms with Gasteiger partial charge in [0, 0.05) is 24.2 Å². The molecule has 98 heavy (non-hydrogen) atoms. The molecule has 26 heteroatoms. The molecule has 0 aromatic heterocycles. The van der Waals surface area contributed by atoms with Gasteiger partial charge in [-0.1, -0.05) is 148 Å². The van der Waals surface area contributed by atoms with E-state index in [1.165, 1.54) is 35.8 Å². The largest absolute Gasteiger partial charge is 0.748 e. The fourth-order valence-corrected chi connectivity index (χ4v) is 27.0. The minimum atomic E-state index is -5.33. The molecule has 6 aromatic carbocycles. The van der Waals surface area contributed by atoms with Crippen LogP contribution in [0.2, 0.25) is 0 Å². The zero-order valence-corrected chi connectivity index (χ0v) is 58.8. The van der Waals surface area contributed by atoms with Gasteiger partial charge < -0.3 is 24.3 Å². The number of sulfonamides is 1. The molecule has 528 valence electrons. The highest BCUT2D eigenvalue weighted by molar-refractivity contribution is 8.31. The molecule has 0 N–H and O–H groups in total. The summed E-state index contributed by atoms with van der Waals surface area (Å²) in [5, 5.41) is -6.51. The van der Waals surface area contributed by atoms with Gasteiger partial charge in [0.05, 0.1) is 44.5 Å². The van der Waals surface area contributed by atoms with Crippen molar-refractivity contribution in [2.75, 3.05) is 12.3 Å². The molecule has 6 aromatic rings. The standard InChI is InChI=1S/C19H26F2O5S.2C18H15S.C13H22N2O4S2.C4H4F4NO2S/c20-18(21,8-27(22,23)24)15-7-11-6-14(15)17-16(11)25-19(26-17)12-2-9-1-10(4-12)5-13(19)3-9;2*1-4-10-16(11-5-1)19(17-12-6-2-7-13-17)18-14-8-3-9-15-18;14-15-13(20(16,17)11-7-3-1-4-8-11)21(18,19)12-9-5-2-6-10-12;5-3(6)1-2-9-12(10,11)4(3,7)8/h9-17H,1-8H2,(H,22,23,24);2*1-15H;11-12H,1-10H2;1-2H2/q;2*+1;;-1/p-1. The predicted octanol–water partition coefficient (Wildman–Crippen LogP) is 15.7. The predicted molar refractivity (Wildman–Crippen MR) is 364 cm³/mol. The monoisotopic (exact) mass is 1470 g/mol. The lowest BCUT2D eigenvalue weighted by atomic mass is 9.53. The molecule has 2 heterocycles. The Kier molecular flexibility index (Phi) is 23.1. The molecule has 10 fully saturated rings. The highest BCUT2D eigenvalue weighted by atomic mass is 32.3. The van der Waals surface area contributed by atoms with Crippen molar-refractivity contribution < 1.29 is 78.8 Å². The van der Waals surface area contributed by atoms with Gasteiger partial charge in [-0.3, -0.25) is 0 Å². The van der Waals surface area contributed by atoms with Crippen LogP contribution in [0, 0.1) is 41.4 Å². The lowest BCUT2D eigenvalue weighted by Gasteiger charge is -2.58. The van der Waals surface area contributed by atoms with E-state index >= 15 is 0 Å². The lowest BCUT2D eigenvalue weighted by Crippen LogP contribution is -2.59. The second-order valence-corrected chi connectivity index (χ2v) is 38.6. The average Bonchev–Trinajstić information content (AvgIpc) is 1.48. The van der Waals surface area contributed by atoms with E-state index in [-0.39, 0.29) is 46.3 Å². The summed E-state index contributed by atoms with van der Waals surface area (Å²) in [6.07, 6.45) is 11.7. The second-order valence-electron chi connectivity index (χ2n) is 26.9. The summed E-state index contributed by atoms with van der Waals surface area (Å²) in [6, 6.07) is 64.3. The Balaban J connectivity index is 0.000000127. The summed E-state index contributed by atoms with van der Waals surface area (Å²) >= 11 is 0. The third-order valence-electron chi connectivity index (χ3n) is 20.5. The summed E-state index contributed by atoms with van der Waals surface area (Å²) in [4.78, 5) is 10.9. The number of alkyl halides is 6. The maximum Gasteiger partial charge on any atom is 0.495 e. The molecule has 5 unspecified atom stereocenters. The summed E-state index contributed by atoms with van der Waals surface area (Å²) in [5.41, 5.74) is 9.09. The maximum absolute atomic E-state index is 14.6. The fourth-order valence-electron chi connectivity index (χ4n) is 16.3. The third kappa shape index (κ3) is 16.1. The molecule has 6 bridgehead atoms. The average molecular weight is 1470 g/mol. The van der Waals surface area contributed by atoms with Crippen LogP contribution < -0.4 is 0 Å². The smallest absolute Gasteiger partial charge is 0.495 e. The number of rotatable bonds is 11. The van der Waals surface area contributed by atoms with E-state index in [1.54, 1.807) is 0 Å². The number of sulfone groups is 2. The van der Waals surface area contributed by atoms with Gasteiger partial charge in [0.2, 0.25) is 0 Å². The van der Waals surface area contributed by atoms with Crippen molar-refractivity contribution in [3.05, 3.63) is 192 Å². The van der Waals surface area contributed by atoms with Crippen molar-refractivity contribution in [3.63, 3.8) is 0 Å². The first kappa shape index (κ1) is 73.8. The number of halogens is 6. The second kappa shape index (κ2) is 30.7. The van der Waals surface area contributed by atoms with Crippen molar-refractivity contribution >= 4 is 66.0 Å². The molecule has 5 atom stereocenters. The first-order chi connectivity index (χ1) is 46.7. The van der Waals surface area contributed by atoms with Crippen LogP contribution in [-0.4, -0.2) is 105 Å². The third-order valence-corrected chi connectivity index (χ3v) is 32.4.